The van der Waals surface area contributed by atoms with Gasteiger partial charge in [-0.3, -0.25) is 10.0 Å². The summed E-state index contributed by atoms with van der Waals surface area (Å²) >= 11 is 0. The summed E-state index contributed by atoms with van der Waals surface area (Å²) in [7, 11) is -3.60. The van der Waals surface area contributed by atoms with Gasteiger partial charge in [-0.1, -0.05) is 12.1 Å². The summed E-state index contributed by atoms with van der Waals surface area (Å²) in [5, 5.41) is 3.19. The van der Waals surface area contributed by atoms with Gasteiger partial charge in [-0.05, 0) is 48.7 Å². The number of benzene rings is 2. The van der Waals surface area contributed by atoms with Crippen LogP contribution in [0.3, 0.4) is 0 Å². The minimum absolute atomic E-state index is 0.272. The Bertz CT molecular complexity index is 788. The van der Waals surface area contributed by atoms with E-state index in [1.165, 1.54) is 0 Å². The van der Waals surface area contributed by atoms with Crippen molar-refractivity contribution in [1.29, 1.82) is 0 Å². The molecular formula is C16H18N2O3S. The van der Waals surface area contributed by atoms with Crippen LogP contribution in [-0.4, -0.2) is 21.7 Å². The van der Waals surface area contributed by atoms with Gasteiger partial charge in [0, 0.05) is 12.6 Å². The number of ether oxygens (including phenoxy) is 1. The van der Waals surface area contributed by atoms with Gasteiger partial charge < -0.3 is 4.74 Å². The van der Waals surface area contributed by atoms with Crippen molar-refractivity contribution in [1.82, 2.24) is 5.32 Å². The standard InChI is InChI=1S/C16H18N2O3S/c1-12-7-14-10-15(8-12)21-11-17-6-5-13-3-2-4-16(9-13)22(19,20)18-14/h2-4,7-10,17-18H,5-6,11H2,1H3. The molecule has 0 saturated carbocycles. The Kier molecular flexibility index (Phi) is 4.04. The van der Waals surface area contributed by atoms with Crippen molar-refractivity contribution in [2.75, 3.05) is 18.0 Å². The van der Waals surface area contributed by atoms with Crippen molar-refractivity contribution in [3.8, 4) is 5.75 Å². The summed E-state index contributed by atoms with van der Waals surface area (Å²) in [6, 6.07) is 12.3. The van der Waals surface area contributed by atoms with Crippen LogP contribution in [-0.2, 0) is 16.4 Å². The Hall–Kier alpha value is -2.05. The summed E-state index contributed by atoms with van der Waals surface area (Å²) < 4.78 is 33.3. The largest absolute Gasteiger partial charge is 0.478 e. The van der Waals surface area contributed by atoms with Crippen LogP contribution in [0.15, 0.2) is 47.4 Å². The summed E-state index contributed by atoms with van der Waals surface area (Å²) in [5.41, 5.74) is 2.40. The maximum Gasteiger partial charge on any atom is 0.261 e. The van der Waals surface area contributed by atoms with E-state index in [-0.39, 0.29) is 4.90 Å². The molecule has 2 aromatic rings. The Morgan fingerprint density at radius 2 is 2.00 bits per heavy atom. The molecule has 0 saturated heterocycles. The van der Waals surface area contributed by atoms with Gasteiger partial charge in [0.2, 0.25) is 0 Å². The van der Waals surface area contributed by atoms with Crippen LogP contribution < -0.4 is 14.8 Å². The fraction of sp³-hybridized carbons (Fsp3) is 0.250. The van der Waals surface area contributed by atoms with Gasteiger partial charge in [0.25, 0.3) is 10.0 Å². The molecule has 4 bridgehead atoms. The van der Waals surface area contributed by atoms with Crippen molar-refractivity contribution < 1.29 is 13.2 Å². The Morgan fingerprint density at radius 3 is 2.86 bits per heavy atom. The molecular weight excluding hydrogens is 300 g/mol. The number of sulfonamides is 1. The Morgan fingerprint density at radius 1 is 1.14 bits per heavy atom. The summed E-state index contributed by atoms with van der Waals surface area (Å²) in [5.74, 6) is 0.635. The smallest absolute Gasteiger partial charge is 0.261 e. The van der Waals surface area contributed by atoms with Crippen molar-refractivity contribution in [2.24, 2.45) is 0 Å². The van der Waals surface area contributed by atoms with Crippen molar-refractivity contribution >= 4 is 15.7 Å². The van der Waals surface area contributed by atoms with E-state index < -0.39 is 10.0 Å². The molecule has 5 nitrogen and oxygen atoms in total. The van der Waals surface area contributed by atoms with E-state index in [2.05, 4.69) is 10.0 Å². The SMILES string of the molecule is Cc1cc2cc(c1)OCNCCc1cccc(c1)S(=O)(=O)N2. The third-order valence-electron chi connectivity index (χ3n) is 3.44. The number of anilines is 1. The highest BCUT2D eigenvalue weighted by Gasteiger charge is 2.15. The highest BCUT2D eigenvalue weighted by Crippen LogP contribution is 2.24. The van der Waals surface area contributed by atoms with E-state index in [9.17, 15) is 8.42 Å². The summed E-state index contributed by atoms with van der Waals surface area (Å²) in [4.78, 5) is 0.272. The van der Waals surface area contributed by atoms with E-state index in [4.69, 9.17) is 4.74 Å². The lowest BCUT2D eigenvalue weighted by Gasteiger charge is -2.11. The molecule has 0 spiro atoms. The molecule has 1 heterocycles. The number of rotatable bonds is 0. The zero-order chi connectivity index (χ0) is 15.6. The number of hydrogen-bond acceptors (Lipinski definition) is 4. The minimum Gasteiger partial charge on any atom is -0.478 e. The molecule has 2 aromatic carbocycles. The topological polar surface area (TPSA) is 67.4 Å². The molecule has 0 aromatic heterocycles. The van der Waals surface area contributed by atoms with Gasteiger partial charge in [0.1, 0.15) is 12.5 Å². The molecule has 0 amide bonds. The van der Waals surface area contributed by atoms with Gasteiger partial charge in [0.15, 0.2) is 0 Å². The number of aryl methyl sites for hydroxylation is 1. The second-order valence-corrected chi connectivity index (χ2v) is 7.01. The Balaban J connectivity index is 2.04. The maximum atomic E-state index is 12.5. The lowest BCUT2D eigenvalue weighted by atomic mass is 10.1. The van der Waals surface area contributed by atoms with Gasteiger partial charge in [0.05, 0.1) is 10.6 Å². The molecule has 0 radical (unpaired) electrons. The van der Waals surface area contributed by atoms with Gasteiger partial charge in [-0.15, -0.1) is 0 Å². The molecule has 116 valence electrons. The van der Waals surface area contributed by atoms with E-state index in [0.717, 1.165) is 24.1 Å². The highest BCUT2D eigenvalue weighted by atomic mass is 32.2. The average molecular weight is 318 g/mol. The predicted octanol–water partition coefficient (Wildman–Crippen LogP) is 2.28. The first-order valence-electron chi connectivity index (χ1n) is 7.10. The first-order chi connectivity index (χ1) is 10.5. The normalized spacial score (nSPS) is 17.1. The van der Waals surface area contributed by atoms with E-state index in [1.54, 1.807) is 30.3 Å². The van der Waals surface area contributed by atoms with E-state index in [1.807, 2.05) is 19.1 Å². The van der Waals surface area contributed by atoms with Crippen LogP contribution in [0.25, 0.3) is 0 Å². The monoisotopic (exact) mass is 318 g/mol. The molecule has 22 heavy (non-hydrogen) atoms. The lowest BCUT2D eigenvalue weighted by molar-refractivity contribution is 0.285. The predicted molar refractivity (Wildman–Crippen MR) is 85.6 cm³/mol. The zero-order valence-electron chi connectivity index (χ0n) is 12.3. The van der Waals surface area contributed by atoms with E-state index in [0.29, 0.717) is 18.2 Å². The zero-order valence-corrected chi connectivity index (χ0v) is 13.1. The van der Waals surface area contributed by atoms with Crippen LogP contribution >= 0.6 is 0 Å². The molecule has 3 rings (SSSR count). The third-order valence-corrected chi connectivity index (χ3v) is 4.82. The Labute approximate surface area is 130 Å². The lowest BCUT2D eigenvalue weighted by Crippen LogP contribution is -2.22. The van der Waals surface area contributed by atoms with Crippen LogP contribution in [0.2, 0.25) is 0 Å². The summed E-state index contributed by atoms with van der Waals surface area (Å²) in [6.07, 6.45) is 0.739. The van der Waals surface area contributed by atoms with Crippen LogP contribution in [0.5, 0.6) is 5.75 Å². The van der Waals surface area contributed by atoms with Crippen molar-refractivity contribution in [3.05, 3.63) is 53.6 Å². The maximum absolute atomic E-state index is 12.5. The fourth-order valence-corrected chi connectivity index (χ4v) is 3.52. The molecule has 1 aliphatic rings. The molecule has 0 aliphatic carbocycles. The molecule has 0 fully saturated rings. The molecule has 0 atom stereocenters. The van der Waals surface area contributed by atoms with Crippen LogP contribution in [0.1, 0.15) is 11.1 Å². The fourth-order valence-electron chi connectivity index (χ4n) is 2.41. The number of hydrogen-bond donors (Lipinski definition) is 2. The number of fused-ring (bicyclic) bond motifs is 4. The van der Waals surface area contributed by atoms with Gasteiger partial charge in [-0.2, -0.15) is 0 Å². The second-order valence-electron chi connectivity index (χ2n) is 5.33. The minimum atomic E-state index is -3.60. The highest BCUT2D eigenvalue weighted by molar-refractivity contribution is 7.92. The van der Waals surface area contributed by atoms with Gasteiger partial charge in [-0.25, -0.2) is 8.42 Å². The summed E-state index contributed by atoms with van der Waals surface area (Å²) in [6.45, 7) is 3.00. The van der Waals surface area contributed by atoms with E-state index >= 15 is 0 Å². The molecule has 2 N–H and O–H groups in total. The van der Waals surface area contributed by atoms with Crippen LogP contribution in [0, 0.1) is 6.92 Å². The average Bonchev–Trinajstić information content (AvgIpc) is 2.46. The third kappa shape index (κ3) is 3.40. The van der Waals surface area contributed by atoms with Crippen molar-refractivity contribution in [3.63, 3.8) is 0 Å². The molecule has 0 unspecified atom stereocenters. The second kappa shape index (κ2) is 5.98. The quantitative estimate of drug-likeness (QED) is 0.782. The van der Waals surface area contributed by atoms with Crippen molar-refractivity contribution in [2.45, 2.75) is 18.2 Å². The molecule has 6 heteroatoms. The first-order valence-corrected chi connectivity index (χ1v) is 8.58. The van der Waals surface area contributed by atoms with Crippen LogP contribution in [0.4, 0.5) is 5.69 Å². The number of nitrogens with one attached hydrogen (secondary N) is 2. The van der Waals surface area contributed by atoms with Gasteiger partial charge >= 0.3 is 0 Å². The molecule has 1 aliphatic heterocycles. The first kappa shape index (κ1) is 14.9.